The molecule has 1 aromatic heterocycles. The maximum atomic E-state index is 5.99. The zero-order valence-electron chi connectivity index (χ0n) is 12.5. The van der Waals surface area contributed by atoms with E-state index in [1.807, 2.05) is 6.20 Å². The fourth-order valence-corrected chi connectivity index (χ4v) is 3.29. The van der Waals surface area contributed by atoms with Gasteiger partial charge in [-0.2, -0.15) is 5.10 Å². The predicted molar refractivity (Wildman–Crippen MR) is 76.7 cm³/mol. The number of aromatic nitrogens is 2. The second-order valence-corrected chi connectivity index (χ2v) is 6.01. The van der Waals surface area contributed by atoms with Crippen molar-refractivity contribution >= 4 is 0 Å². The van der Waals surface area contributed by atoms with E-state index in [0.717, 1.165) is 45.6 Å². The molecule has 2 saturated heterocycles. The number of nitrogens with one attached hydrogen (secondary N) is 1. The van der Waals surface area contributed by atoms with Crippen molar-refractivity contribution in [3.63, 3.8) is 0 Å². The molecular weight excluding hydrogens is 254 g/mol. The van der Waals surface area contributed by atoms with E-state index in [9.17, 15) is 0 Å². The summed E-state index contributed by atoms with van der Waals surface area (Å²) in [6.07, 6.45) is 7.25. The lowest BCUT2D eigenvalue weighted by atomic mass is 9.90. The molecule has 3 heterocycles. The minimum atomic E-state index is -0.0533. The lowest BCUT2D eigenvalue weighted by Crippen LogP contribution is -2.41. The number of rotatable bonds is 4. The zero-order valence-corrected chi connectivity index (χ0v) is 12.5. The van der Waals surface area contributed by atoms with Crippen LogP contribution in [-0.2, 0) is 9.47 Å². The molecule has 2 aliphatic rings. The van der Waals surface area contributed by atoms with Gasteiger partial charge in [-0.15, -0.1) is 0 Å². The molecule has 1 spiro atoms. The third-order valence-corrected chi connectivity index (χ3v) is 4.54. The highest BCUT2D eigenvalue weighted by Gasteiger charge is 2.41. The van der Waals surface area contributed by atoms with Crippen molar-refractivity contribution in [1.29, 1.82) is 0 Å². The van der Waals surface area contributed by atoms with E-state index >= 15 is 0 Å². The first-order valence-corrected chi connectivity index (χ1v) is 7.71. The van der Waals surface area contributed by atoms with Crippen LogP contribution in [0.3, 0.4) is 0 Å². The summed E-state index contributed by atoms with van der Waals surface area (Å²) in [6.45, 7) is 7.67. The number of hydrogen-bond donors (Lipinski definition) is 1. The summed E-state index contributed by atoms with van der Waals surface area (Å²) in [5.41, 5.74) is 1.21. The van der Waals surface area contributed by atoms with Gasteiger partial charge < -0.3 is 14.8 Å². The minimum Gasteiger partial charge on any atom is -0.378 e. The molecule has 1 N–H and O–H groups in total. The molecule has 112 valence electrons. The molecule has 20 heavy (non-hydrogen) atoms. The predicted octanol–water partition coefficient (Wildman–Crippen LogP) is 2.06. The van der Waals surface area contributed by atoms with Crippen LogP contribution < -0.4 is 5.32 Å². The SMILES string of the molecule is CCNC(C)c1cnn(C2CCOC3(CCOC3)C2)c1. The van der Waals surface area contributed by atoms with Crippen LogP contribution in [0.4, 0.5) is 0 Å². The molecule has 0 radical (unpaired) electrons. The van der Waals surface area contributed by atoms with Crippen molar-refractivity contribution in [2.45, 2.75) is 50.8 Å². The molecule has 0 saturated carbocycles. The molecule has 3 unspecified atom stereocenters. The van der Waals surface area contributed by atoms with Crippen LogP contribution in [0.1, 0.15) is 50.8 Å². The van der Waals surface area contributed by atoms with Crippen LogP contribution in [-0.4, -0.2) is 41.7 Å². The molecule has 0 aliphatic carbocycles. The summed E-state index contributed by atoms with van der Waals surface area (Å²) < 4.78 is 13.7. The number of nitrogens with zero attached hydrogens (tertiary/aromatic N) is 2. The van der Waals surface area contributed by atoms with Crippen molar-refractivity contribution in [2.24, 2.45) is 0 Å². The van der Waals surface area contributed by atoms with E-state index in [4.69, 9.17) is 9.47 Å². The van der Waals surface area contributed by atoms with Crippen LogP contribution in [0.15, 0.2) is 12.4 Å². The second kappa shape index (κ2) is 5.84. The first kappa shape index (κ1) is 14.0. The van der Waals surface area contributed by atoms with Gasteiger partial charge >= 0.3 is 0 Å². The van der Waals surface area contributed by atoms with Gasteiger partial charge in [0.25, 0.3) is 0 Å². The van der Waals surface area contributed by atoms with E-state index in [2.05, 4.69) is 35.1 Å². The van der Waals surface area contributed by atoms with Crippen molar-refractivity contribution in [3.05, 3.63) is 18.0 Å². The van der Waals surface area contributed by atoms with Gasteiger partial charge in [-0.3, -0.25) is 4.68 Å². The minimum absolute atomic E-state index is 0.0533. The van der Waals surface area contributed by atoms with Gasteiger partial charge in [0.05, 0.1) is 24.4 Å². The Balaban J connectivity index is 1.69. The maximum absolute atomic E-state index is 5.99. The summed E-state index contributed by atoms with van der Waals surface area (Å²) in [7, 11) is 0. The molecule has 0 amide bonds. The van der Waals surface area contributed by atoms with Gasteiger partial charge in [-0.1, -0.05) is 6.92 Å². The summed E-state index contributed by atoms with van der Waals surface area (Å²) in [4.78, 5) is 0. The Morgan fingerprint density at radius 3 is 3.20 bits per heavy atom. The lowest BCUT2D eigenvalue weighted by Gasteiger charge is -2.37. The molecule has 0 aromatic carbocycles. The van der Waals surface area contributed by atoms with Crippen molar-refractivity contribution < 1.29 is 9.47 Å². The van der Waals surface area contributed by atoms with Gasteiger partial charge in [0.2, 0.25) is 0 Å². The fourth-order valence-electron chi connectivity index (χ4n) is 3.29. The quantitative estimate of drug-likeness (QED) is 0.916. The topological polar surface area (TPSA) is 48.3 Å². The van der Waals surface area contributed by atoms with Gasteiger partial charge in [0, 0.05) is 43.9 Å². The van der Waals surface area contributed by atoms with Gasteiger partial charge in [0.1, 0.15) is 0 Å². The first-order chi connectivity index (χ1) is 9.72. The second-order valence-electron chi connectivity index (χ2n) is 6.01. The van der Waals surface area contributed by atoms with E-state index in [1.165, 1.54) is 5.56 Å². The Morgan fingerprint density at radius 1 is 1.55 bits per heavy atom. The largest absolute Gasteiger partial charge is 0.378 e. The molecule has 5 nitrogen and oxygen atoms in total. The van der Waals surface area contributed by atoms with Crippen LogP contribution in [0, 0.1) is 0 Å². The summed E-state index contributed by atoms with van der Waals surface area (Å²) in [6, 6.07) is 0.797. The monoisotopic (exact) mass is 279 g/mol. The normalized spacial score (nSPS) is 31.8. The maximum Gasteiger partial charge on any atom is 0.0957 e. The standard InChI is InChI=1S/C15H25N3O2/c1-3-16-12(2)13-9-17-18(10-13)14-4-6-20-15(8-14)5-7-19-11-15/h9-10,12,14,16H,3-8,11H2,1-2H3. The summed E-state index contributed by atoms with van der Waals surface area (Å²) in [5, 5.41) is 8.01. The Labute approximate surface area is 120 Å². The Kier molecular flexibility index (Phi) is 4.10. The Morgan fingerprint density at radius 2 is 2.45 bits per heavy atom. The summed E-state index contributed by atoms with van der Waals surface area (Å²) in [5.74, 6) is 0. The van der Waals surface area contributed by atoms with Crippen LogP contribution in [0.2, 0.25) is 0 Å². The van der Waals surface area contributed by atoms with E-state index in [-0.39, 0.29) is 5.60 Å². The van der Waals surface area contributed by atoms with Crippen molar-refractivity contribution in [1.82, 2.24) is 15.1 Å². The molecule has 5 heteroatoms. The van der Waals surface area contributed by atoms with Crippen molar-refractivity contribution in [2.75, 3.05) is 26.4 Å². The Bertz CT molecular complexity index is 440. The number of ether oxygens (including phenoxy) is 2. The first-order valence-electron chi connectivity index (χ1n) is 7.71. The Hall–Kier alpha value is -0.910. The highest BCUT2D eigenvalue weighted by Crippen LogP contribution is 2.37. The average molecular weight is 279 g/mol. The molecule has 0 bridgehead atoms. The average Bonchev–Trinajstić information content (AvgIpc) is 3.09. The van der Waals surface area contributed by atoms with Gasteiger partial charge in [0.15, 0.2) is 0 Å². The molecule has 3 atom stereocenters. The van der Waals surface area contributed by atoms with E-state index < -0.39 is 0 Å². The van der Waals surface area contributed by atoms with Crippen molar-refractivity contribution in [3.8, 4) is 0 Å². The lowest BCUT2D eigenvalue weighted by molar-refractivity contribution is -0.0962. The third-order valence-electron chi connectivity index (χ3n) is 4.54. The molecule has 2 fully saturated rings. The third kappa shape index (κ3) is 2.75. The van der Waals surface area contributed by atoms with Gasteiger partial charge in [-0.05, 0) is 19.9 Å². The molecule has 2 aliphatic heterocycles. The highest BCUT2D eigenvalue weighted by molar-refractivity contribution is 5.10. The van der Waals surface area contributed by atoms with Crippen LogP contribution >= 0.6 is 0 Å². The smallest absolute Gasteiger partial charge is 0.0957 e. The molecular formula is C15H25N3O2. The van der Waals surface area contributed by atoms with E-state index in [1.54, 1.807) is 0 Å². The zero-order chi connectivity index (χ0) is 14.0. The van der Waals surface area contributed by atoms with Gasteiger partial charge in [-0.25, -0.2) is 0 Å². The van der Waals surface area contributed by atoms with E-state index in [0.29, 0.717) is 12.1 Å². The number of hydrogen-bond acceptors (Lipinski definition) is 4. The molecule has 1 aromatic rings. The highest BCUT2D eigenvalue weighted by atomic mass is 16.6. The molecule has 3 rings (SSSR count). The fraction of sp³-hybridized carbons (Fsp3) is 0.800. The van der Waals surface area contributed by atoms with Crippen LogP contribution in [0.25, 0.3) is 0 Å². The van der Waals surface area contributed by atoms with Crippen LogP contribution in [0.5, 0.6) is 0 Å². The summed E-state index contributed by atoms with van der Waals surface area (Å²) >= 11 is 0.